The number of rotatable bonds is 7. The number of hydrogen-bond acceptors (Lipinski definition) is 0. The fourth-order valence-corrected chi connectivity index (χ4v) is 5.26. The summed E-state index contributed by atoms with van der Waals surface area (Å²) in [6, 6.07) is 19.3. The number of allylic oxidation sites excluding steroid dienone is 2. The van der Waals surface area contributed by atoms with Crippen molar-refractivity contribution >= 4 is 10.8 Å². The molecule has 0 amide bonds. The topological polar surface area (TPSA) is 0 Å². The van der Waals surface area contributed by atoms with E-state index in [0.29, 0.717) is 5.92 Å². The minimum absolute atomic E-state index is 0.0671. The lowest BCUT2D eigenvalue weighted by Crippen LogP contribution is -2.13. The Labute approximate surface area is 187 Å². The van der Waals surface area contributed by atoms with E-state index in [1.165, 1.54) is 49.7 Å². The molecule has 4 rings (SSSR count). The van der Waals surface area contributed by atoms with Gasteiger partial charge in [0.2, 0.25) is 0 Å². The second-order valence-corrected chi connectivity index (χ2v) is 9.21. The van der Waals surface area contributed by atoms with Crippen LogP contribution in [0.1, 0.15) is 75.8 Å². The Balaban J connectivity index is 1.49. The van der Waals surface area contributed by atoms with Crippen molar-refractivity contribution in [3.05, 3.63) is 83.7 Å². The Morgan fingerprint density at radius 1 is 0.903 bits per heavy atom. The molecule has 3 aromatic rings. The zero-order chi connectivity index (χ0) is 21.6. The van der Waals surface area contributed by atoms with Gasteiger partial charge in [-0.1, -0.05) is 80.4 Å². The summed E-state index contributed by atoms with van der Waals surface area (Å²) in [5.41, 5.74) is 4.65. The van der Waals surface area contributed by atoms with Gasteiger partial charge in [-0.3, -0.25) is 0 Å². The minimum atomic E-state index is -0.0671. The SMILES string of the molecule is C/C=C/CCc1ccc2cc(-c3ccc(C4CCC(CCC)CC4)cc3)ccc2c1F. The van der Waals surface area contributed by atoms with E-state index in [2.05, 4.69) is 55.5 Å². The lowest BCUT2D eigenvalue weighted by atomic mass is 9.77. The standard InChI is InChI=1S/C30H35F/c1-3-5-6-8-26-17-18-28-21-27(19-20-29(28)30(26)31)25-15-13-24(14-16-25)23-11-9-22(7-4-2)10-12-23/h3,5,13-23H,4,6-12H2,1-2H3/b5-3+. The van der Waals surface area contributed by atoms with Crippen LogP contribution in [0.25, 0.3) is 21.9 Å². The summed E-state index contributed by atoms with van der Waals surface area (Å²) in [4.78, 5) is 0. The van der Waals surface area contributed by atoms with E-state index in [9.17, 15) is 4.39 Å². The van der Waals surface area contributed by atoms with Crippen molar-refractivity contribution in [3.63, 3.8) is 0 Å². The third kappa shape index (κ3) is 5.09. The third-order valence-corrected chi connectivity index (χ3v) is 7.11. The molecule has 1 saturated carbocycles. The van der Waals surface area contributed by atoms with Crippen molar-refractivity contribution in [2.45, 2.75) is 71.1 Å². The Kier molecular flexibility index (Phi) is 7.22. The Hall–Kier alpha value is -2.41. The van der Waals surface area contributed by atoms with Gasteiger partial charge >= 0.3 is 0 Å². The number of benzene rings is 3. The van der Waals surface area contributed by atoms with E-state index >= 15 is 0 Å². The molecule has 0 heterocycles. The second-order valence-electron chi connectivity index (χ2n) is 9.21. The molecule has 0 nitrogen and oxygen atoms in total. The largest absolute Gasteiger partial charge is 0.206 e. The lowest BCUT2D eigenvalue weighted by molar-refractivity contribution is 0.308. The molecule has 1 aliphatic rings. The maximum absolute atomic E-state index is 14.9. The summed E-state index contributed by atoms with van der Waals surface area (Å²) >= 11 is 0. The third-order valence-electron chi connectivity index (χ3n) is 7.11. The highest BCUT2D eigenvalue weighted by molar-refractivity contribution is 5.88. The highest BCUT2D eigenvalue weighted by atomic mass is 19.1. The summed E-state index contributed by atoms with van der Waals surface area (Å²) in [5, 5.41) is 1.70. The summed E-state index contributed by atoms with van der Waals surface area (Å²) in [6.45, 7) is 4.30. The van der Waals surface area contributed by atoms with Crippen molar-refractivity contribution in [1.29, 1.82) is 0 Å². The van der Waals surface area contributed by atoms with Crippen LogP contribution in [-0.2, 0) is 6.42 Å². The Morgan fingerprint density at radius 2 is 1.65 bits per heavy atom. The van der Waals surface area contributed by atoms with Crippen LogP contribution in [0.2, 0.25) is 0 Å². The molecular weight excluding hydrogens is 379 g/mol. The van der Waals surface area contributed by atoms with Crippen LogP contribution in [0.4, 0.5) is 4.39 Å². The molecule has 0 atom stereocenters. The van der Waals surface area contributed by atoms with Crippen LogP contribution < -0.4 is 0 Å². The molecule has 1 aliphatic carbocycles. The van der Waals surface area contributed by atoms with E-state index in [1.807, 2.05) is 25.1 Å². The first-order chi connectivity index (χ1) is 15.2. The summed E-state index contributed by atoms with van der Waals surface area (Å²) in [5.74, 6) is 1.60. The van der Waals surface area contributed by atoms with Gasteiger partial charge in [-0.25, -0.2) is 4.39 Å². The maximum Gasteiger partial charge on any atom is 0.134 e. The average molecular weight is 415 g/mol. The van der Waals surface area contributed by atoms with Crippen molar-refractivity contribution in [1.82, 2.24) is 0 Å². The lowest BCUT2D eigenvalue weighted by Gasteiger charge is -2.28. The van der Waals surface area contributed by atoms with Crippen molar-refractivity contribution in [2.75, 3.05) is 0 Å². The van der Waals surface area contributed by atoms with Crippen molar-refractivity contribution in [3.8, 4) is 11.1 Å². The fourth-order valence-electron chi connectivity index (χ4n) is 5.26. The van der Waals surface area contributed by atoms with Crippen LogP contribution in [0.15, 0.2) is 66.7 Å². The summed E-state index contributed by atoms with van der Waals surface area (Å²) < 4.78 is 14.9. The number of aryl methyl sites for hydroxylation is 1. The van der Waals surface area contributed by atoms with Crippen molar-refractivity contribution in [2.24, 2.45) is 5.92 Å². The smallest absolute Gasteiger partial charge is 0.134 e. The highest BCUT2D eigenvalue weighted by Crippen LogP contribution is 2.38. The molecule has 0 unspecified atom stereocenters. The number of fused-ring (bicyclic) bond motifs is 1. The van der Waals surface area contributed by atoms with Crippen LogP contribution in [0.5, 0.6) is 0 Å². The predicted octanol–water partition coefficient (Wildman–Crippen LogP) is 9.23. The predicted molar refractivity (Wildman–Crippen MR) is 132 cm³/mol. The molecule has 0 aliphatic heterocycles. The van der Waals surface area contributed by atoms with Crippen LogP contribution in [0, 0.1) is 11.7 Å². The second kappa shape index (κ2) is 10.3. The Bertz CT molecular complexity index is 1020. The van der Waals surface area contributed by atoms with Gasteiger partial charge in [0.1, 0.15) is 5.82 Å². The molecule has 0 bridgehead atoms. The monoisotopic (exact) mass is 414 g/mol. The average Bonchev–Trinajstić information content (AvgIpc) is 2.81. The van der Waals surface area contributed by atoms with Crippen LogP contribution in [-0.4, -0.2) is 0 Å². The zero-order valence-electron chi connectivity index (χ0n) is 19.0. The summed E-state index contributed by atoms with van der Waals surface area (Å²) in [6.07, 6.45) is 13.9. The normalized spacial score (nSPS) is 19.3. The molecule has 1 fully saturated rings. The number of halogens is 1. The van der Waals surface area contributed by atoms with E-state index in [4.69, 9.17) is 0 Å². The first-order valence-corrected chi connectivity index (χ1v) is 12.1. The van der Waals surface area contributed by atoms with Crippen LogP contribution >= 0.6 is 0 Å². The zero-order valence-corrected chi connectivity index (χ0v) is 19.0. The van der Waals surface area contributed by atoms with Gasteiger partial charge in [0, 0.05) is 5.39 Å². The van der Waals surface area contributed by atoms with Gasteiger partial charge < -0.3 is 0 Å². The summed E-state index contributed by atoms with van der Waals surface area (Å²) in [7, 11) is 0. The van der Waals surface area contributed by atoms with E-state index < -0.39 is 0 Å². The Morgan fingerprint density at radius 3 is 2.35 bits per heavy atom. The first kappa shape index (κ1) is 21.8. The molecule has 31 heavy (non-hydrogen) atoms. The van der Waals surface area contributed by atoms with Gasteiger partial charge in [0.25, 0.3) is 0 Å². The van der Waals surface area contributed by atoms with E-state index in [1.54, 1.807) is 0 Å². The van der Waals surface area contributed by atoms with Gasteiger partial charge in [-0.05, 0) is 91.0 Å². The molecule has 162 valence electrons. The first-order valence-electron chi connectivity index (χ1n) is 12.1. The fraction of sp³-hybridized carbons (Fsp3) is 0.400. The van der Waals surface area contributed by atoms with Gasteiger partial charge in [-0.2, -0.15) is 0 Å². The van der Waals surface area contributed by atoms with Crippen LogP contribution in [0.3, 0.4) is 0 Å². The number of hydrogen-bond donors (Lipinski definition) is 0. The van der Waals surface area contributed by atoms with Gasteiger partial charge in [0.15, 0.2) is 0 Å². The molecule has 0 N–H and O–H groups in total. The molecule has 0 spiro atoms. The highest BCUT2D eigenvalue weighted by Gasteiger charge is 2.21. The van der Waals surface area contributed by atoms with Gasteiger partial charge in [0.05, 0.1) is 0 Å². The van der Waals surface area contributed by atoms with Gasteiger partial charge in [-0.15, -0.1) is 0 Å². The molecule has 0 saturated heterocycles. The molecule has 0 aromatic heterocycles. The molecule has 0 radical (unpaired) electrons. The minimum Gasteiger partial charge on any atom is -0.206 e. The molecule has 3 aromatic carbocycles. The van der Waals surface area contributed by atoms with E-state index in [0.717, 1.165) is 40.7 Å². The quantitative estimate of drug-likeness (QED) is 0.338. The van der Waals surface area contributed by atoms with Crippen molar-refractivity contribution < 1.29 is 4.39 Å². The maximum atomic E-state index is 14.9. The molecular formula is C30H35F. The van der Waals surface area contributed by atoms with E-state index in [-0.39, 0.29) is 5.82 Å². The molecule has 1 heteroatoms.